The Morgan fingerprint density at radius 1 is 0.923 bits per heavy atom. The predicted molar refractivity (Wildman–Crippen MR) is 144 cm³/mol. The SMILES string of the molecule is O=C(NCc1ccc2c(c1)OCO2)c1cccc(CSc2nnc(-c3ccncc3)n2-c2ccc(F)cc2)c1. The molecule has 5 aromatic rings. The highest BCUT2D eigenvalue weighted by molar-refractivity contribution is 7.98. The van der Waals surface area contributed by atoms with E-state index in [0.29, 0.717) is 40.3 Å². The molecule has 1 aliphatic heterocycles. The zero-order valence-corrected chi connectivity index (χ0v) is 21.4. The van der Waals surface area contributed by atoms with Gasteiger partial charge in [-0.1, -0.05) is 30.0 Å². The van der Waals surface area contributed by atoms with Gasteiger partial charge < -0.3 is 14.8 Å². The average molecular weight is 540 g/mol. The second kappa shape index (κ2) is 11.0. The molecular weight excluding hydrogens is 517 g/mol. The van der Waals surface area contributed by atoms with Gasteiger partial charge in [-0.05, 0) is 71.8 Å². The van der Waals surface area contributed by atoms with Gasteiger partial charge in [0.05, 0.1) is 0 Å². The lowest BCUT2D eigenvalue weighted by Crippen LogP contribution is -2.22. The van der Waals surface area contributed by atoms with Crippen molar-refractivity contribution in [3.05, 3.63) is 114 Å². The number of carbonyl (C=O) groups is 1. The number of halogens is 1. The molecule has 0 saturated carbocycles. The Morgan fingerprint density at radius 2 is 1.74 bits per heavy atom. The summed E-state index contributed by atoms with van der Waals surface area (Å²) in [7, 11) is 0. The molecular formula is C29H22FN5O3S. The van der Waals surface area contributed by atoms with Gasteiger partial charge in [0.1, 0.15) is 5.82 Å². The third-order valence-corrected chi connectivity index (χ3v) is 7.10. The fraction of sp³-hybridized carbons (Fsp3) is 0.103. The number of amides is 1. The van der Waals surface area contributed by atoms with Crippen LogP contribution >= 0.6 is 11.8 Å². The van der Waals surface area contributed by atoms with E-state index in [-0.39, 0.29) is 18.5 Å². The van der Waals surface area contributed by atoms with Crippen LogP contribution in [0.4, 0.5) is 4.39 Å². The van der Waals surface area contributed by atoms with E-state index in [1.54, 1.807) is 30.6 Å². The van der Waals surface area contributed by atoms with Crippen LogP contribution in [0.5, 0.6) is 11.5 Å². The van der Waals surface area contributed by atoms with Gasteiger partial charge >= 0.3 is 0 Å². The molecule has 2 aromatic heterocycles. The first-order chi connectivity index (χ1) is 19.1. The molecule has 1 aliphatic rings. The van der Waals surface area contributed by atoms with Crippen molar-refractivity contribution in [1.29, 1.82) is 0 Å². The minimum atomic E-state index is -0.319. The van der Waals surface area contributed by atoms with E-state index in [9.17, 15) is 9.18 Å². The van der Waals surface area contributed by atoms with E-state index >= 15 is 0 Å². The molecule has 3 heterocycles. The van der Waals surface area contributed by atoms with E-state index in [0.717, 1.165) is 22.4 Å². The van der Waals surface area contributed by atoms with Crippen LogP contribution in [0.2, 0.25) is 0 Å². The molecule has 1 amide bonds. The third-order valence-electron chi connectivity index (χ3n) is 6.10. The Labute approximate surface area is 227 Å². The number of nitrogens with one attached hydrogen (secondary N) is 1. The zero-order valence-electron chi connectivity index (χ0n) is 20.6. The molecule has 10 heteroatoms. The van der Waals surface area contributed by atoms with Gasteiger partial charge in [-0.25, -0.2) is 4.39 Å². The lowest BCUT2D eigenvalue weighted by molar-refractivity contribution is 0.0950. The number of fused-ring (bicyclic) bond motifs is 1. The van der Waals surface area contributed by atoms with Crippen molar-refractivity contribution in [2.75, 3.05) is 6.79 Å². The molecule has 0 saturated heterocycles. The summed E-state index contributed by atoms with van der Waals surface area (Å²) in [4.78, 5) is 16.9. The number of ether oxygens (including phenoxy) is 2. The molecule has 194 valence electrons. The van der Waals surface area contributed by atoms with Crippen LogP contribution < -0.4 is 14.8 Å². The molecule has 8 nitrogen and oxygen atoms in total. The molecule has 0 fully saturated rings. The van der Waals surface area contributed by atoms with Gasteiger partial charge in [0.15, 0.2) is 22.5 Å². The monoisotopic (exact) mass is 539 g/mol. The smallest absolute Gasteiger partial charge is 0.251 e. The van der Waals surface area contributed by atoms with E-state index in [4.69, 9.17) is 9.47 Å². The first kappa shape index (κ1) is 24.6. The molecule has 0 bridgehead atoms. The topological polar surface area (TPSA) is 91.2 Å². The Bertz CT molecular complexity index is 1630. The van der Waals surface area contributed by atoms with Crippen LogP contribution in [0.1, 0.15) is 21.5 Å². The predicted octanol–water partition coefficient (Wildman–Crippen LogP) is 5.42. The van der Waals surface area contributed by atoms with Crippen molar-refractivity contribution in [2.45, 2.75) is 17.5 Å². The number of carbonyl (C=O) groups excluding carboxylic acids is 1. The van der Waals surface area contributed by atoms with Gasteiger partial charge in [0, 0.05) is 41.5 Å². The highest BCUT2D eigenvalue weighted by atomic mass is 32.2. The summed E-state index contributed by atoms with van der Waals surface area (Å²) in [6.45, 7) is 0.578. The van der Waals surface area contributed by atoms with Gasteiger partial charge in [-0.2, -0.15) is 0 Å². The largest absolute Gasteiger partial charge is 0.454 e. The van der Waals surface area contributed by atoms with E-state index in [1.807, 2.05) is 53.1 Å². The maximum absolute atomic E-state index is 13.6. The highest BCUT2D eigenvalue weighted by Gasteiger charge is 2.17. The summed E-state index contributed by atoms with van der Waals surface area (Å²) in [6.07, 6.45) is 3.38. The molecule has 3 aromatic carbocycles. The number of hydrogen-bond donors (Lipinski definition) is 1. The summed E-state index contributed by atoms with van der Waals surface area (Å²) in [6, 6.07) is 23.0. The number of rotatable bonds is 8. The maximum Gasteiger partial charge on any atom is 0.251 e. The number of nitrogens with zero attached hydrogens (tertiary/aromatic N) is 4. The maximum atomic E-state index is 13.6. The van der Waals surface area contributed by atoms with Crippen molar-refractivity contribution < 1.29 is 18.7 Å². The third kappa shape index (κ3) is 5.46. The normalized spacial score (nSPS) is 11.9. The van der Waals surface area contributed by atoms with Gasteiger partial charge in [0.25, 0.3) is 5.91 Å². The average Bonchev–Trinajstić information content (AvgIpc) is 3.63. The van der Waals surface area contributed by atoms with Crippen molar-refractivity contribution in [1.82, 2.24) is 25.1 Å². The van der Waals surface area contributed by atoms with Crippen LogP contribution in [0.25, 0.3) is 17.1 Å². The summed E-state index contributed by atoms with van der Waals surface area (Å²) >= 11 is 1.48. The molecule has 39 heavy (non-hydrogen) atoms. The van der Waals surface area contributed by atoms with Crippen LogP contribution in [0.15, 0.2) is 96.4 Å². The first-order valence-corrected chi connectivity index (χ1v) is 13.1. The number of thioether (sulfide) groups is 1. The minimum Gasteiger partial charge on any atom is -0.454 e. The minimum absolute atomic E-state index is 0.172. The summed E-state index contributed by atoms with van der Waals surface area (Å²) in [5.74, 6) is 2.08. The van der Waals surface area contributed by atoms with E-state index < -0.39 is 0 Å². The summed E-state index contributed by atoms with van der Waals surface area (Å²) < 4.78 is 26.3. The molecule has 0 unspecified atom stereocenters. The van der Waals surface area contributed by atoms with Crippen molar-refractivity contribution >= 4 is 17.7 Å². The summed E-state index contributed by atoms with van der Waals surface area (Å²) in [5, 5.41) is 12.4. The van der Waals surface area contributed by atoms with Crippen LogP contribution in [-0.2, 0) is 12.3 Å². The Morgan fingerprint density at radius 3 is 2.59 bits per heavy atom. The fourth-order valence-corrected chi connectivity index (χ4v) is 5.05. The van der Waals surface area contributed by atoms with Crippen molar-refractivity contribution in [3.63, 3.8) is 0 Å². The zero-order chi connectivity index (χ0) is 26.6. The number of benzene rings is 3. The Hall–Kier alpha value is -4.70. The van der Waals surface area contributed by atoms with E-state index in [2.05, 4.69) is 20.5 Å². The van der Waals surface area contributed by atoms with Gasteiger partial charge in [0.2, 0.25) is 6.79 Å². The highest BCUT2D eigenvalue weighted by Crippen LogP contribution is 2.33. The van der Waals surface area contributed by atoms with Crippen LogP contribution in [0.3, 0.4) is 0 Å². The second-order valence-electron chi connectivity index (χ2n) is 8.71. The Balaban J connectivity index is 1.17. The number of hydrogen-bond acceptors (Lipinski definition) is 7. The van der Waals surface area contributed by atoms with Crippen molar-refractivity contribution in [2.24, 2.45) is 0 Å². The molecule has 0 atom stereocenters. The molecule has 0 radical (unpaired) electrons. The Kier molecular flexibility index (Phi) is 6.92. The quantitative estimate of drug-likeness (QED) is 0.263. The fourth-order valence-electron chi connectivity index (χ4n) is 4.16. The van der Waals surface area contributed by atoms with Crippen molar-refractivity contribution in [3.8, 4) is 28.6 Å². The molecule has 0 spiro atoms. The van der Waals surface area contributed by atoms with E-state index in [1.165, 1.54) is 23.9 Å². The number of aromatic nitrogens is 4. The molecule has 6 rings (SSSR count). The van der Waals surface area contributed by atoms with Gasteiger partial charge in [-0.15, -0.1) is 10.2 Å². The first-order valence-electron chi connectivity index (χ1n) is 12.1. The lowest BCUT2D eigenvalue weighted by Gasteiger charge is -2.11. The summed E-state index contributed by atoms with van der Waals surface area (Å²) in [5.41, 5.74) is 4.02. The standard InChI is InChI=1S/C29H22FN5O3S/c30-23-5-7-24(8-6-23)35-27(21-10-12-31-13-11-21)33-34-29(35)39-17-20-2-1-3-22(14-20)28(36)32-16-19-4-9-25-26(15-19)38-18-37-25/h1-15H,16-18H2,(H,32,36). The number of pyridine rings is 1. The van der Waals surface area contributed by atoms with Gasteiger partial charge in [-0.3, -0.25) is 14.3 Å². The lowest BCUT2D eigenvalue weighted by atomic mass is 10.1. The van der Waals surface area contributed by atoms with Crippen LogP contribution in [0, 0.1) is 5.82 Å². The molecule has 0 aliphatic carbocycles. The van der Waals surface area contributed by atoms with Crippen LogP contribution in [-0.4, -0.2) is 32.4 Å². The second-order valence-corrected chi connectivity index (χ2v) is 9.66. The molecule has 1 N–H and O–H groups in total.